The summed E-state index contributed by atoms with van der Waals surface area (Å²) < 4.78 is 38.8. The first-order valence-corrected chi connectivity index (χ1v) is 9.31. The number of piperazine rings is 1. The van der Waals surface area contributed by atoms with Crippen molar-refractivity contribution in [3.05, 3.63) is 47.4 Å². The van der Waals surface area contributed by atoms with Crippen molar-refractivity contribution in [3.63, 3.8) is 0 Å². The van der Waals surface area contributed by atoms with Crippen LogP contribution in [-0.2, 0) is 10.0 Å². The summed E-state index contributed by atoms with van der Waals surface area (Å²) in [5.74, 6) is 1.70. The molecule has 1 unspecified atom stereocenters. The van der Waals surface area contributed by atoms with Crippen LogP contribution in [0.4, 0.5) is 0 Å². The van der Waals surface area contributed by atoms with Crippen LogP contribution in [0.2, 0.25) is 0 Å². The van der Waals surface area contributed by atoms with E-state index in [1.54, 1.807) is 31.3 Å². The van der Waals surface area contributed by atoms with Gasteiger partial charge in [0.05, 0.1) is 13.2 Å². The van der Waals surface area contributed by atoms with Crippen molar-refractivity contribution >= 4 is 10.0 Å². The molecule has 1 atom stereocenters. The molecule has 1 saturated heterocycles. The molecule has 3 rings (SSSR count). The van der Waals surface area contributed by atoms with Gasteiger partial charge in [-0.1, -0.05) is 18.2 Å². The maximum atomic E-state index is 13.2. The van der Waals surface area contributed by atoms with Gasteiger partial charge in [0.25, 0.3) is 0 Å². The van der Waals surface area contributed by atoms with Crippen LogP contribution < -0.4 is 10.1 Å². The van der Waals surface area contributed by atoms with Gasteiger partial charge in [-0.15, -0.1) is 0 Å². The summed E-state index contributed by atoms with van der Waals surface area (Å²) in [5.41, 5.74) is 0.855. The molecule has 7 heteroatoms. The minimum absolute atomic E-state index is 0.238. The number of ether oxygens (including phenoxy) is 1. The second kappa shape index (κ2) is 6.58. The molecule has 2 heterocycles. The van der Waals surface area contributed by atoms with Crippen molar-refractivity contribution in [1.82, 2.24) is 9.62 Å². The summed E-state index contributed by atoms with van der Waals surface area (Å²) >= 11 is 0. The van der Waals surface area contributed by atoms with Crippen molar-refractivity contribution in [3.8, 4) is 5.75 Å². The first-order chi connectivity index (χ1) is 11.4. The molecule has 1 N–H and O–H groups in total. The average Bonchev–Trinajstić information content (AvgIpc) is 2.94. The number of benzene rings is 1. The molecule has 6 nitrogen and oxygen atoms in total. The predicted molar refractivity (Wildman–Crippen MR) is 90.7 cm³/mol. The van der Waals surface area contributed by atoms with E-state index in [1.165, 1.54) is 0 Å². The first kappa shape index (κ1) is 17.0. The SMILES string of the molecule is COc1ccccc1C1CNCCN1S(=O)(=O)c1cc(C)oc1C. The molecule has 1 aromatic carbocycles. The molecule has 1 fully saturated rings. The molecule has 1 aromatic heterocycles. The highest BCUT2D eigenvalue weighted by Crippen LogP contribution is 2.35. The van der Waals surface area contributed by atoms with Gasteiger partial charge in [0, 0.05) is 25.2 Å². The minimum Gasteiger partial charge on any atom is -0.496 e. The normalized spacial score (nSPS) is 19.4. The fourth-order valence-corrected chi connectivity index (χ4v) is 5.00. The van der Waals surface area contributed by atoms with Crippen molar-refractivity contribution in [2.45, 2.75) is 24.8 Å². The second-order valence-corrected chi connectivity index (χ2v) is 7.71. The van der Waals surface area contributed by atoms with Gasteiger partial charge in [-0.3, -0.25) is 0 Å². The van der Waals surface area contributed by atoms with E-state index < -0.39 is 10.0 Å². The van der Waals surface area contributed by atoms with Crippen LogP contribution in [0.15, 0.2) is 39.6 Å². The van der Waals surface area contributed by atoms with E-state index in [1.807, 2.05) is 24.3 Å². The number of para-hydroxylation sites is 1. The number of nitrogens with one attached hydrogen (secondary N) is 1. The van der Waals surface area contributed by atoms with Gasteiger partial charge in [-0.25, -0.2) is 8.42 Å². The molecular formula is C17H22N2O4S. The van der Waals surface area contributed by atoms with Crippen LogP contribution >= 0.6 is 0 Å². The Morgan fingerprint density at radius 3 is 2.71 bits per heavy atom. The van der Waals surface area contributed by atoms with Crippen molar-refractivity contribution < 1.29 is 17.6 Å². The van der Waals surface area contributed by atoms with Crippen LogP contribution in [-0.4, -0.2) is 39.5 Å². The molecule has 1 aliphatic heterocycles. The Morgan fingerprint density at radius 1 is 1.29 bits per heavy atom. The zero-order valence-corrected chi connectivity index (χ0v) is 14.9. The Hall–Kier alpha value is -1.83. The lowest BCUT2D eigenvalue weighted by molar-refractivity contribution is 0.264. The molecule has 2 aromatic rings. The fourth-order valence-electron chi connectivity index (χ4n) is 3.17. The van der Waals surface area contributed by atoms with Crippen molar-refractivity contribution in [1.29, 1.82) is 0 Å². The van der Waals surface area contributed by atoms with Crippen LogP contribution in [0.3, 0.4) is 0 Å². The highest BCUT2D eigenvalue weighted by molar-refractivity contribution is 7.89. The highest BCUT2D eigenvalue weighted by atomic mass is 32.2. The van der Waals surface area contributed by atoms with Crippen LogP contribution in [0.1, 0.15) is 23.1 Å². The lowest BCUT2D eigenvalue weighted by atomic mass is 10.0. The van der Waals surface area contributed by atoms with Gasteiger partial charge in [0.2, 0.25) is 10.0 Å². The number of nitrogens with zero attached hydrogens (tertiary/aromatic N) is 1. The summed E-state index contributed by atoms with van der Waals surface area (Å²) in [6.45, 7) is 4.98. The van der Waals surface area contributed by atoms with Gasteiger partial charge in [-0.05, 0) is 26.0 Å². The largest absolute Gasteiger partial charge is 0.496 e. The zero-order valence-electron chi connectivity index (χ0n) is 14.1. The van der Waals surface area contributed by atoms with Crippen LogP contribution in [0.25, 0.3) is 0 Å². The Bertz CT molecular complexity index is 829. The van der Waals surface area contributed by atoms with E-state index in [2.05, 4.69) is 5.32 Å². The molecule has 1 aliphatic rings. The third-order valence-electron chi connectivity index (χ3n) is 4.27. The highest BCUT2D eigenvalue weighted by Gasteiger charge is 2.37. The van der Waals surface area contributed by atoms with Crippen LogP contribution in [0, 0.1) is 13.8 Å². The Labute approximate surface area is 142 Å². The summed E-state index contributed by atoms with van der Waals surface area (Å²) in [6, 6.07) is 8.79. The molecular weight excluding hydrogens is 328 g/mol. The predicted octanol–water partition coefficient (Wildman–Crippen LogP) is 2.24. The van der Waals surface area contributed by atoms with E-state index in [9.17, 15) is 8.42 Å². The Morgan fingerprint density at radius 2 is 2.04 bits per heavy atom. The topological polar surface area (TPSA) is 71.8 Å². The Kier molecular flexibility index (Phi) is 4.67. The summed E-state index contributed by atoms with van der Waals surface area (Å²) in [4.78, 5) is 0.238. The first-order valence-electron chi connectivity index (χ1n) is 7.87. The fraction of sp³-hybridized carbons (Fsp3) is 0.412. The molecule has 24 heavy (non-hydrogen) atoms. The third-order valence-corrected chi connectivity index (χ3v) is 6.29. The smallest absolute Gasteiger partial charge is 0.247 e. The van der Waals surface area contributed by atoms with Gasteiger partial charge in [0.15, 0.2) is 0 Å². The van der Waals surface area contributed by atoms with Gasteiger partial charge in [0.1, 0.15) is 22.2 Å². The van der Waals surface area contributed by atoms with E-state index in [0.29, 0.717) is 36.9 Å². The number of hydrogen-bond acceptors (Lipinski definition) is 5. The van der Waals surface area contributed by atoms with E-state index in [-0.39, 0.29) is 10.9 Å². The molecule has 0 saturated carbocycles. The molecule has 0 bridgehead atoms. The standard InChI is InChI=1S/C17H22N2O4S/c1-12-10-17(13(2)23-12)24(20,21)19-9-8-18-11-15(19)14-6-4-5-7-16(14)22-3/h4-7,10,15,18H,8-9,11H2,1-3H3. The van der Waals surface area contributed by atoms with Crippen molar-refractivity contribution in [2.75, 3.05) is 26.7 Å². The number of sulfonamides is 1. The molecule has 130 valence electrons. The third kappa shape index (κ3) is 2.94. The maximum absolute atomic E-state index is 13.2. The molecule has 0 amide bonds. The van der Waals surface area contributed by atoms with E-state index >= 15 is 0 Å². The lowest BCUT2D eigenvalue weighted by Crippen LogP contribution is -2.48. The quantitative estimate of drug-likeness (QED) is 0.916. The zero-order chi connectivity index (χ0) is 17.3. The summed E-state index contributed by atoms with van der Waals surface area (Å²) in [7, 11) is -2.06. The average molecular weight is 350 g/mol. The summed E-state index contributed by atoms with van der Waals surface area (Å²) in [5, 5.41) is 3.27. The number of aryl methyl sites for hydroxylation is 2. The number of methoxy groups -OCH3 is 1. The van der Waals surface area contributed by atoms with Gasteiger partial charge in [-0.2, -0.15) is 4.31 Å². The Balaban J connectivity index is 2.05. The monoisotopic (exact) mass is 350 g/mol. The van der Waals surface area contributed by atoms with Gasteiger partial charge < -0.3 is 14.5 Å². The number of rotatable bonds is 4. The van der Waals surface area contributed by atoms with E-state index in [4.69, 9.17) is 9.15 Å². The number of furan rings is 1. The van der Waals surface area contributed by atoms with Crippen LogP contribution in [0.5, 0.6) is 5.75 Å². The van der Waals surface area contributed by atoms with E-state index in [0.717, 1.165) is 5.56 Å². The minimum atomic E-state index is -3.65. The molecule has 0 aliphatic carbocycles. The van der Waals surface area contributed by atoms with Gasteiger partial charge >= 0.3 is 0 Å². The second-order valence-electron chi connectivity index (χ2n) is 5.86. The summed E-state index contributed by atoms with van der Waals surface area (Å²) in [6.07, 6.45) is 0. The molecule has 0 spiro atoms. The van der Waals surface area contributed by atoms with Crippen molar-refractivity contribution in [2.24, 2.45) is 0 Å². The lowest BCUT2D eigenvalue weighted by Gasteiger charge is -2.35. The number of hydrogen-bond donors (Lipinski definition) is 1. The molecule has 0 radical (unpaired) electrons. The maximum Gasteiger partial charge on any atom is 0.247 e.